The molecular formula is C16H26N2O2S. The lowest BCUT2D eigenvalue weighted by atomic mass is 9.96. The summed E-state index contributed by atoms with van der Waals surface area (Å²) in [6.45, 7) is 1.89. The van der Waals surface area contributed by atoms with Gasteiger partial charge in [0, 0.05) is 37.5 Å². The molecule has 118 valence electrons. The van der Waals surface area contributed by atoms with Gasteiger partial charge in [0.1, 0.15) is 0 Å². The monoisotopic (exact) mass is 310 g/mol. The van der Waals surface area contributed by atoms with Gasteiger partial charge in [-0.25, -0.2) is 0 Å². The highest BCUT2D eigenvalue weighted by molar-refractivity contribution is 7.10. The molecule has 1 aromatic rings. The summed E-state index contributed by atoms with van der Waals surface area (Å²) in [5, 5.41) is 8.60. The van der Waals surface area contributed by atoms with Gasteiger partial charge in [-0.05, 0) is 30.2 Å². The van der Waals surface area contributed by atoms with Crippen molar-refractivity contribution in [3.63, 3.8) is 0 Å². The summed E-state index contributed by atoms with van der Waals surface area (Å²) < 4.78 is 4.92. The zero-order valence-electron chi connectivity index (χ0n) is 12.8. The van der Waals surface area contributed by atoms with Gasteiger partial charge in [0.2, 0.25) is 5.91 Å². The van der Waals surface area contributed by atoms with E-state index in [1.165, 1.54) is 30.6 Å². The molecule has 21 heavy (non-hydrogen) atoms. The molecule has 0 saturated heterocycles. The highest BCUT2D eigenvalue weighted by atomic mass is 32.1. The molecule has 1 saturated carbocycles. The van der Waals surface area contributed by atoms with Crippen LogP contribution in [0.5, 0.6) is 0 Å². The minimum Gasteiger partial charge on any atom is -0.383 e. The molecule has 2 N–H and O–H groups in total. The van der Waals surface area contributed by atoms with Gasteiger partial charge in [0.15, 0.2) is 0 Å². The predicted octanol–water partition coefficient (Wildman–Crippen LogP) is 2.72. The van der Waals surface area contributed by atoms with Gasteiger partial charge in [-0.2, -0.15) is 0 Å². The number of hydrogen-bond donors (Lipinski definition) is 2. The number of amides is 1. The van der Waals surface area contributed by atoms with Crippen molar-refractivity contribution in [3.8, 4) is 0 Å². The van der Waals surface area contributed by atoms with Crippen molar-refractivity contribution in [2.24, 2.45) is 5.92 Å². The van der Waals surface area contributed by atoms with E-state index >= 15 is 0 Å². The fourth-order valence-electron chi connectivity index (χ4n) is 2.98. The topological polar surface area (TPSA) is 50.4 Å². The number of ether oxygens (including phenoxy) is 1. The summed E-state index contributed by atoms with van der Waals surface area (Å²) in [5.74, 6) is 0.816. The zero-order valence-corrected chi connectivity index (χ0v) is 13.6. The minimum absolute atomic E-state index is 0.0934. The average Bonchev–Trinajstić information content (AvgIpc) is 3.17. The van der Waals surface area contributed by atoms with Crippen molar-refractivity contribution >= 4 is 17.2 Å². The minimum atomic E-state index is 0.0934. The first kappa shape index (κ1) is 16.5. The van der Waals surface area contributed by atoms with Gasteiger partial charge in [-0.1, -0.05) is 18.9 Å². The molecule has 0 aromatic carbocycles. The van der Waals surface area contributed by atoms with E-state index in [9.17, 15) is 4.79 Å². The van der Waals surface area contributed by atoms with Crippen molar-refractivity contribution in [3.05, 3.63) is 22.4 Å². The van der Waals surface area contributed by atoms with Gasteiger partial charge in [-0.3, -0.25) is 4.79 Å². The first-order chi connectivity index (χ1) is 10.3. The maximum absolute atomic E-state index is 11.7. The fraction of sp³-hybridized carbons (Fsp3) is 0.688. The SMILES string of the molecule is COCCNC(=O)CCNC(c1cccs1)C1CCCC1. The van der Waals surface area contributed by atoms with Crippen LogP contribution in [0.1, 0.15) is 43.0 Å². The van der Waals surface area contributed by atoms with Crippen molar-refractivity contribution < 1.29 is 9.53 Å². The summed E-state index contributed by atoms with van der Waals surface area (Å²) in [7, 11) is 1.64. The molecule has 1 aliphatic rings. The molecule has 0 bridgehead atoms. The van der Waals surface area contributed by atoms with Crippen LogP contribution < -0.4 is 10.6 Å². The third kappa shape index (κ3) is 5.41. The Balaban J connectivity index is 1.76. The van der Waals surface area contributed by atoms with Crippen molar-refractivity contribution in [1.82, 2.24) is 10.6 Å². The second-order valence-electron chi connectivity index (χ2n) is 5.58. The first-order valence-electron chi connectivity index (χ1n) is 7.83. The number of hydrogen-bond acceptors (Lipinski definition) is 4. The van der Waals surface area contributed by atoms with Crippen LogP contribution in [0.3, 0.4) is 0 Å². The lowest BCUT2D eigenvalue weighted by molar-refractivity contribution is -0.121. The van der Waals surface area contributed by atoms with Gasteiger partial charge in [0.05, 0.1) is 6.61 Å². The number of rotatable bonds is 9. The van der Waals surface area contributed by atoms with Crippen molar-refractivity contribution in [2.45, 2.75) is 38.1 Å². The van der Waals surface area contributed by atoms with Crippen LogP contribution >= 0.6 is 11.3 Å². The maximum Gasteiger partial charge on any atom is 0.221 e. The highest BCUT2D eigenvalue weighted by Crippen LogP contribution is 2.37. The van der Waals surface area contributed by atoms with Gasteiger partial charge >= 0.3 is 0 Å². The van der Waals surface area contributed by atoms with Gasteiger partial charge < -0.3 is 15.4 Å². The van der Waals surface area contributed by atoms with Gasteiger partial charge in [0.25, 0.3) is 0 Å². The van der Waals surface area contributed by atoms with Crippen molar-refractivity contribution in [1.29, 1.82) is 0 Å². The summed E-state index contributed by atoms with van der Waals surface area (Å²) in [6, 6.07) is 4.74. The Morgan fingerprint density at radius 2 is 2.24 bits per heavy atom. The molecule has 2 rings (SSSR count). The Morgan fingerprint density at radius 1 is 1.43 bits per heavy atom. The van der Waals surface area contributed by atoms with Gasteiger partial charge in [-0.15, -0.1) is 11.3 Å². The number of carbonyl (C=O) groups is 1. The molecule has 1 aliphatic carbocycles. The Labute approximate surface area is 131 Å². The summed E-state index contributed by atoms with van der Waals surface area (Å²) >= 11 is 1.81. The molecule has 1 amide bonds. The summed E-state index contributed by atoms with van der Waals surface area (Å²) in [5.41, 5.74) is 0. The molecule has 0 radical (unpaired) electrons. The smallest absolute Gasteiger partial charge is 0.221 e. The molecule has 1 aromatic heterocycles. The Bertz CT molecular complexity index is 402. The molecule has 1 fully saturated rings. The second kappa shape index (κ2) is 9.18. The number of carbonyl (C=O) groups excluding carboxylic acids is 1. The molecular weight excluding hydrogens is 284 g/mol. The van der Waals surface area contributed by atoms with E-state index in [4.69, 9.17) is 4.74 Å². The van der Waals surface area contributed by atoms with Crippen LogP contribution in [-0.2, 0) is 9.53 Å². The largest absolute Gasteiger partial charge is 0.383 e. The lowest BCUT2D eigenvalue weighted by Gasteiger charge is -2.23. The Hall–Kier alpha value is -0.910. The van der Waals surface area contributed by atoms with E-state index < -0.39 is 0 Å². The Morgan fingerprint density at radius 3 is 2.90 bits per heavy atom. The van der Waals surface area contributed by atoms with Crippen LogP contribution in [0.2, 0.25) is 0 Å². The summed E-state index contributed by atoms with van der Waals surface area (Å²) in [6.07, 6.45) is 5.81. The van der Waals surface area contributed by atoms with Crippen molar-refractivity contribution in [2.75, 3.05) is 26.8 Å². The molecule has 1 unspecified atom stereocenters. The predicted molar refractivity (Wildman–Crippen MR) is 86.5 cm³/mol. The first-order valence-corrected chi connectivity index (χ1v) is 8.71. The quantitative estimate of drug-likeness (QED) is 0.690. The van der Waals surface area contributed by atoms with E-state index in [0.29, 0.717) is 25.6 Å². The molecule has 0 aliphatic heterocycles. The standard InChI is InChI=1S/C16H26N2O2S/c1-20-11-10-17-15(19)8-9-18-16(13-5-2-3-6-13)14-7-4-12-21-14/h4,7,12-13,16,18H,2-3,5-6,8-11H2,1H3,(H,17,19). The number of nitrogens with one attached hydrogen (secondary N) is 2. The normalized spacial score (nSPS) is 17.0. The van der Waals surface area contributed by atoms with Crippen LogP contribution in [0, 0.1) is 5.92 Å². The van der Waals surface area contributed by atoms with E-state index in [2.05, 4.69) is 28.1 Å². The molecule has 0 spiro atoms. The van der Waals surface area contributed by atoms with E-state index in [1.807, 2.05) is 11.3 Å². The lowest BCUT2D eigenvalue weighted by Crippen LogP contribution is -2.33. The second-order valence-corrected chi connectivity index (χ2v) is 6.56. The Kier molecular flexibility index (Phi) is 7.19. The maximum atomic E-state index is 11.7. The third-order valence-electron chi connectivity index (χ3n) is 4.07. The molecule has 4 nitrogen and oxygen atoms in total. The van der Waals surface area contributed by atoms with Crippen LogP contribution in [0.15, 0.2) is 17.5 Å². The number of methoxy groups -OCH3 is 1. The van der Waals surface area contributed by atoms with Crippen LogP contribution in [0.4, 0.5) is 0 Å². The van der Waals surface area contributed by atoms with E-state index in [0.717, 1.165) is 12.5 Å². The molecule has 5 heteroatoms. The van der Waals surface area contributed by atoms with Crippen LogP contribution in [0.25, 0.3) is 0 Å². The highest BCUT2D eigenvalue weighted by Gasteiger charge is 2.26. The van der Waals surface area contributed by atoms with E-state index in [1.54, 1.807) is 7.11 Å². The average molecular weight is 310 g/mol. The van der Waals surface area contributed by atoms with E-state index in [-0.39, 0.29) is 5.91 Å². The third-order valence-corrected chi connectivity index (χ3v) is 5.02. The molecule has 1 heterocycles. The summed E-state index contributed by atoms with van der Waals surface area (Å²) in [4.78, 5) is 13.1. The number of thiophene rings is 1. The zero-order chi connectivity index (χ0) is 14.9. The van der Waals surface area contributed by atoms with Crippen LogP contribution in [-0.4, -0.2) is 32.7 Å². The fourth-order valence-corrected chi connectivity index (χ4v) is 3.87. The molecule has 1 atom stereocenters.